The number of hydrogen-bond donors (Lipinski definition) is 1. The first-order valence-electron chi connectivity index (χ1n) is 10.1. The van der Waals surface area contributed by atoms with Crippen LogP contribution < -0.4 is 10.1 Å². The van der Waals surface area contributed by atoms with Crippen LogP contribution in [0.25, 0.3) is 0 Å². The lowest BCUT2D eigenvalue weighted by Crippen LogP contribution is -2.53. The number of hydrogen-bond acceptors (Lipinski definition) is 6. The van der Waals surface area contributed by atoms with E-state index in [9.17, 15) is 9.59 Å². The van der Waals surface area contributed by atoms with Gasteiger partial charge in [-0.2, -0.15) is 0 Å². The van der Waals surface area contributed by atoms with E-state index in [1.54, 1.807) is 20.1 Å². The molecule has 2 aliphatic heterocycles. The van der Waals surface area contributed by atoms with Crippen LogP contribution in [0, 0.1) is 5.92 Å². The monoisotopic (exact) mass is 407 g/mol. The number of amides is 1. The molecule has 4 rings (SSSR count). The molecule has 7 heteroatoms. The molecular formula is C23H25N3O4. The second-order valence-electron chi connectivity index (χ2n) is 7.30. The van der Waals surface area contributed by atoms with Crippen LogP contribution >= 0.6 is 0 Å². The van der Waals surface area contributed by atoms with E-state index in [1.165, 1.54) is 11.1 Å². The van der Waals surface area contributed by atoms with E-state index >= 15 is 0 Å². The van der Waals surface area contributed by atoms with Crippen molar-refractivity contribution in [2.24, 2.45) is 10.9 Å². The summed E-state index contributed by atoms with van der Waals surface area (Å²) in [4.78, 5) is 32.5. The Morgan fingerprint density at radius 1 is 1.17 bits per heavy atom. The van der Waals surface area contributed by atoms with E-state index in [2.05, 4.69) is 17.4 Å². The molecule has 7 nitrogen and oxygen atoms in total. The van der Waals surface area contributed by atoms with E-state index in [0.717, 1.165) is 13.0 Å². The molecule has 0 saturated carbocycles. The van der Waals surface area contributed by atoms with Gasteiger partial charge in [0.2, 0.25) is 11.9 Å². The third kappa shape index (κ3) is 3.75. The molecule has 30 heavy (non-hydrogen) atoms. The molecule has 0 radical (unpaired) electrons. The lowest BCUT2D eigenvalue weighted by atomic mass is 9.90. The standard InChI is InChI=1S/C23H25N3O4/c1-3-30-22(28)19-20(17-10-6-7-11-18(17)29-2)24-23(25-21(19)27)26-13-12-15-8-4-5-9-16(15)14-26/h4-11,19-20H,3,12-14H2,1-2H3,(H,24,25,27)/t19-,20+/m0/s1. The highest BCUT2D eigenvalue weighted by Crippen LogP contribution is 2.36. The zero-order valence-corrected chi connectivity index (χ0v) is 17.1. The van der Waals surface area contributed by atoms with E-state index in [4.69, 9.17) is 14.5 Å². The van der Waals surface area contributed by atoms with Crippen molar-refractivity contribution >= 4 is 17.8 Å². The quantitative estimate of drug-likeness (QED) is 0.622. The minimum Gasteiger partial charge on any atom is -0.496 e. The van der Waals surface area contributed by atoms with Crippen molar-refractivity contribution < 1.29 is 19.1 Å². The van der Waals surface area contributed by atoms with Crippen LogP contribution in [0.1, 0.15) is 29.7 Å². The first-order chi connectivity index (χ1) is 14.6. The molecule has 0 fully saturated rings. The van der Waals surface area contributed by atoms with Crippen LogP contribution in [-0.4, -0.2) is 43.0 Å². The van der Waals surface area contributed by atoms with Crippen LogP contribution in [0.5, 0.6) is 5.75 Å². The third-order valence-corrected chi connectivity index (χ3v) is 5.52. The molecule has 156 valence electrons. The molecule has 2 atom stereocenters. The zero-order valence-electron chi connectivity index (χ0n) is 17.1. The van der Waals surface area contributed by atoms with Crippen molar-refractivity contribution in [3.63, 3.8) is 0 Å². The topological polar surface area (TPSA) is 80.2 Å². The first kappa shape index (κ1) is 19.9. The van der Waals surface area contributed by atoms with Gasteiger partial charge in [-0.05, 0) is 30.5 Å². The minimum absolute atomic E-state index is 0.195. The molecule has 2 aliphatic rings. The van der Waals surface area contributed by atoms with Crippen LogP contribution in [-0.2, 0) is 27.3 Å². The van der Waals surface area contributed by atoms with Gasteiger partial charge in [-0.25, -0.2) is 4.99 Å². The van der Waals surface area contributed by atoms with Crippen LogP contribution in [0.15, 0.2) is 53.5 Å². The smallest absolute Gasteiger partial charge is 0.321 e. The molecule has 2 aromatic rings. The van der Waals surface area contributed by atoms with Crippen molar-refractivity contribution in [3.05, 3.63) is 65.2 Å². The van der Waals surface area contributed by atoms with Gasteiger partial charge in [-0.1, -0.05) is 42.5 Å². The largest absolute Gasteiger partial charge is 0.496 e. The first-order valence-corrected chi connectivity index (χ1v) is 10.1. The van der Waals surface area contributed by atoms with Gasteiger partial charge < -0.3 is 14.4 Å². The minimum atomic E-state index is -1.07. The third-order valence-electron chi connectivity index (χ3n) is 5.52. The van der Waals surface area contributed by atoms with Gasteiger partial charge in [-0.15, -0.1) is 0 Å². The second kappa shape index (κ2) is 8.57. The molecule has 0 unspecified atom stereocenters. The predicted molar refractivity (Wildman–Crippen MR) is 112 cm³/mol. The van der Waals surface area contributed by atoms with Gasteiger partial charge in [0.1, 0.15) is 11.8 Å². The fourth-order valence-corrected chi connectivity index (χ4v) is 4.03. The Bertz CT molecular complexity index is 988. The highest BCUT2D eigenvalue weighted by atomic mass is 16.5. The maximum absolute atomic E-state index is 13.0. The van der Waals surface area contributed by atoms with Crippen LogP contribution in [0.2, 0.25) is 0 Å². The molecular weight excluding hydrogens is 382 g/mol. The second-order valence-corrected chi connectivity index (χ2v) is 7.30. The fourth-order valence-electron chi connectivity index (χ4n) is 4.03. The van der Waals surface area contributed by atoms with Gasteiger partial charge in [0, 0.05) is 18.7 Å². The molecule has 1 N–H and O–H groups in total. The Hall–Kier alpha value is -3.35. The lowest BCUT2D eigenvalue weighted by Gasteiger charge is -2.36. The highest BCUT2D eigenvalue weighted by Gasteiger charge is 2.43. The van der Waals surface area contributed by atoms with E-state index < -0.39 is 23.8 Å². The number of methoxy groups -OCH3 is 1. The van der Waals surface area contributed by atoms with E-state index in [0.29, 0.717) is 23.8 Å². The summed E-state index contributed by atoms with van der Waals surface area (Å²) in [6, 6.07) is 14.9. The zero-order chi connectivity index (χ0) is 21.1. The molecule has 1 amide bonds. The maximum Gasteiger partial charge on any atom is 0.321 e. The van der Waals surface area contributed by atoms with Crippen LogP contribution in [0.4, 0.5) is 0 Å². The maximum atomic E-state index is 13.0. The average molecular weight is 407 g/mol. The number of benzene rings is 2. The summed E-state index contributed by atoms with van der Waals surface area (Å²) in [5.74, 6) is -1.00. The molecule has 0 spiro atoms. The van der Waals surface area contributed by atoms with E-state index in [-0.39, 0.29) is 6.61 Å². The SMILES string of the molecule is CCOC(=O)[C@@H]1C(=O)NC(N2CCc3ccccc3C2)=N[C@@H]1c1ccccc1OC. The van der Waals surface area contributed by atoms with Crippen molar-refractivity contribution in [2.75, 3.05) is 20.3 Å². The van der Waals surface area contributed by atoms with Gasteiger partial charge in [-0.3, -0.25) is 14.9 Å². The molecule has 0 bridgehead atoms. The Balaban J connectivity index is 1.72. The number of rotatable bonds is 4. The van der Waals surface area contributed by atoms with Gasteiger partial charge in [0.15, 0.2) is 5.92 Å². The molecule has 2 aromatic carbocycles. The van der Waals surface area contributed by atoms with Crippen molar-refractivity contribution in [2.45, 2.75) is 25.9 Å². The predicted octanol–water partition coefficient (Wildman–Crippen LogP) is 2.46. The number of nitrogens with zero attached hydrogens (tertiary/aromatic N) is 2. The summed E-state index contributed by atoms with van der Waals surface area (Å²) in [5.41, 5.74) is 3.20. The van der Waals surface area contributed by atoms with Crippen molar-refractivity contribution in [1.29, 1.82) is 0 Å². The number of esters is 1. The number of carbonyl (C=O) groups excluding carboxylic acids is 2. The number of guanidine groups is 1. The highest BCUT2D eigenvalue weighted by molar-refractivity contribution is 6.08. The summed E-state index contributed by atoms with van der Waals surface area (Å²) in [6.07, 6.45) is 0.867. The lowest BCUT2D eigenvalue weighted by molar-refractivity contribution is -0.153. The number of ether oxygens (including phenoxy) is 2. The van der Waals surface area contributed by atoms with Crippen LogP contribution in [0.3, 0.4) is 0 Å². The Morgan fingerprint density at radius 2 is 1.90 bits per heavy atom. The number of fused-ring (bicyclic) bond motifs is 1. The summed E-state index contributed by atoms with van der Waals surface area (Å²) >= 11 is 0. The number of carbonyl (C=O) groups is 2. The Labute approximate surface area is 175 Å². The summed E-state index contributed by atoms with van der Waals surface area (Å²) < 4.78 is 10.7. The molecule has 0 aliphatic carbocycles. The summed E-state index contributed by atoms with van der Waals surface area (Å²) in [5, 5.41) is 2.84. The number of aliphatic imine (C=N–C) groups is 1. The Kier molecular flexibility index (Phi) is 5.70. The average Bonchev–Trinajstić information content (AvgIpc) is 2.78. The summed E-state index contributed by atoms with van der Waals surface area (Å²) in [6.45, 7) is 3.30. The molecule has 0 saturated heterocycles. The van der Waals surface area contributed by atoms with Gasteiger partial charge in [0.05, 0.1) is 13.7 Å². The van der Waals surface area contributed by atoms with E-state index in [1.807, 2.05) is 35.2 Å². The van der Waals surface area contributed by atoms with Gasteiger partial charge >= 0.3 is 5.97 Å². The fraction of sp³-hybridized carbons (Fsp3) is 0.348. The normalized spacial score (nSPS) is 20.7. The Morgan fingerprint density at radius 3 is 2.67 bits per heavy atom. The number of nitrogens with one attached hydrogen (secondary N) is 1. The van der Waals surface area contributed by atoms with Crippen molar-refractivity contribution in [1.82, 2.24) is 10.2 Å². The van der Waals surface area contributed by atoms with Gasteiger partial charge in [0.25, 0.3) is 0 Å². The number of para-hydroxylation sites is 1. The summed E-state index contributed by atoms with van der Waals surface area (Å²) in [7, 11) is 1.56. The molecule has 0 aromatic heterocycles. The molecule has 2 heterocycles. The van der Waals surface area contributed by atoms with Crippen molar-refractivity contribution in [3.8, 4) is 5.75 Å².